The van der Waals surface area contributed by atoms with Crippen molar-refractivity contribution < 1.29 is 23.9 Å². The molecule has 2 N–H and O–H groups in total. The van der Waals surface area contributed by atoms with Crippen molar-refractivity contribution in [3.8, 4) is 0 Å². The van der Waals surface area contributed by atoms with E-state index in [1.807, 2.05) is 6.26 Å². The highest BCUT2D eigenvalue weighted by atomic mass is 32.2. The van der Waals surface area contributed by atoms with Crippen molar-refractivity contribution in [1.82, 2.24) is 9.97 Å². The second kappa shape index (κ2) is 8.99. The predicted octanol–water partition coefficient (Wildman–Crippen LogP) is 1.46. The maximum absolute atomic E-state index is 12.5. The van der Waals surface area contributed by atoms with Gasteiger partial charge in [0.25, 0.3) is 11.5 Å². The van der Waals surface area contributed by atoms with E-state index in [0.717, 1.165) is 6.07 Å². The number of nitrogens with one attached hydrogen (secondary N) is 2. The zero-order valence-electron chi connectivity index (χ0n) is 14.8. The summed E-state index contributed by atoms with van der Waals surface area (Å²) in [6, 6.07) is 5.03. The molecule has 0 spiro atoms. The molecule has 1 aromatic heterocycles. The Labute approximate surface area is 158 Å². The number of hydrogen-bond acceptors (Lipinski definition) is 8. The summed E-state index contributed by atoms with van der Waals surface area (Å²) in [7, 11) is 2.39. The van der Waals surface area contributed by atoms with Gasteiger partial charge in [0.2, 0.25) is 0 Å². The van der Waals surface area contributed by atoms with E-state index in [1.165, 1.54) is 44.2 Å². The first kappa shape index (κ1) is 20.2. The first-order chi connectivity index (χ1) is 12.9. The van der Waals surface area contributed by atoms with Gasteiger partial charge in [-0.1, -0.05) is 0 Å². The van der Waals surface area contributed by atoms with E-state index in [2.05, 4.69) is 24.8 Å². The SMILES string of the molecule is COC(=O)c1cc(NC(=O)c2cc(=O)[nH]c(CSC)n2)cc(C(=O)OC)c1. The molecule has 0 atom stereocenters. The van der Waals surface area contributed by atoms with Crippen molar-refractivity contribution in [1.29, 1.82) is 0 Å². The molecule has 0 aliphatic rings. The molecule has 2 aromatic rings. The molecule has 2 rings (SSSR count). The molecule has 9 nitrogen and oxygen atoms in total. The molecule has 27 heavy (non-hydrogen) atoms. The molecule has 1 amide bonds. The number of carbonyl (C=O) groups is 3. The van der Waals surface area contributed by atoms with Crippen LogP contribution in [0.25, 0.3) is 0 Å². The van der Waals surface area contributed by atoms with Crippen LogP contribution in [0.2, 0.25) is 0 Å². The average Bonchev–Trinajstić information content (AvgIpc) is 2.66. The number of rotatable bonds is 6. The van der Waals surface area contributed by atoms with Crippen molar-refractivity contribution >= 4 is 35.3 Å². The fourth-order valence-electron chi connectivity index (χ4n) is 2.20. The van der Waals surface area contributed by atoms with Crippen LogP contribution in [0.4, 0.5) is 5.69 Å². The molecule has 0 aliphatic carbocycles. The van der Waals surface area contributed by atoms with Crippen LogP contribution in [0.3, 0.4) is 0 Å². The van der Waals surface area contributed by atoms with Gasteiger partial charge in [-0.25, -0.2) is 14.6 Å². The van der Waals surface area contributed by atoms with Crippen molar-refractivity contribution in [3.05, 3.63) is 57.3 Å². The Balaban J connectivity index is 2.38. The van der Waals surface area contributed by atoms with E-state index in [1.54, 1.807) is 0 Å². The van der Waals surface area contributed by atoms with Gasteiger partial charge in [0.1, 0.15) is 11.5 Å². The molecule has 0 unspecified atom stereocenters. The molecular formula is C17H17N3O6S. The number of nitrogens with zero attached hydrogens (tertiary/aromatic N) is 1. The van der Waals surface area contributed by atoms with E-state index >= 15 is 0 Å². The van der Waals surface area contributed by atoms with E-state index < -0.39 is 23.4 Å². The third-order valence-electron chi connectivity index (χ3n) is 3.34. The molecule has 142 valence electrons. The highest BCUT2D eigenvalue weighted by Gasteiger charge is 2.16. The number of esters is 2. The van der Waals surface area contributed by atoms with Crippen molar-refractivity contribution in [2.24, 2.45) is 0 Å². The minimum Gasteiger partial charge on any atom is -0.465 e. The molecule has 10 heteroatoms. The minimum atomic E-state index is -0.687. The lowest BCUT2D eigenvalue weighted by molar-refractivity contribution is 0.0599. The first-order valence-electron chi connectivity index (χ1n) is 7.60. The highest BCUT2D eigenvalue weighted by Crippen LogP contribution is 2.18. The number of hydrogen-bond donors (Lipinski definition) is 2. The fraction of sp³-hybridized carbons (Fsp3) is 0.235. The number of aromatic amines is 1. The summed E-state index contributed by atoms with van der Waals surface area (Å²) < 4.78 is 9.29. The van der Waals surface area contributed by atoms with Gasteiger partial charge < -0.3 is 19.8 Å². The van der Waals surface area contributed by atoms with Crippen LogP contribution in [0.5, 0.6) is 0 Å². The van der Waals surface area contributed by atoms with E-state index in [9.17, 15) is 19.2 Å². The summed E-state index contributed by atoms with van der Waals surface area (Å²) in [5, 5.41) is 2.52. The number of aromatic nitrogens is 2. The monoisotopic (exact) mass is 391 g/mol. The molecule has 0 fully saturated rings. The van der Waals surface area contributed by atoms with Gasteiger partial charge >= 0.3 is 11.9 Å². The van der Waals surface area contributed by atoms with Gasteiger partial charge in [-0.2, -0.15) is 11.8 Å². The summed E-state index contributed by atoms with van der Waals surface area (Å²) in [6.07, 6.45) is 1.83. The van der Waals surface area contributed by atoms with Gasteiger partial charge in [-0.3, -0.25) is 9.59 Å². The second-order valence-electron chi connectivity index (χ2n) is 5.25. The first-order valence-corrected chi connectivity index (χ1v) is 8.99. The predicted molar refractivity (Wildman–Crippen MR) is 99.2 cm³/mol. The number of H-pyrrole nitrogens is 1. The van der Waals surface area contributed by atoms with Crippen molar-refractivity contribution in [3.63, 3.8) is 0 Å². The molecule has 0 saturated heterocycles. The summed E-state index contributed by atoms with van der Waals surface area (Å²) in [4.78, 5) is 54.4. The molecule has 0 saturated carbocycles. The van der Waals surface area contributed by atoms with Crippen LogP contribution in [-0.4, -0.2) is 48.3 Å². The van der Waals surface area contributed by atoms with Gasteiger partial charge in [0.15, 0.2) is 0 Å². The highest BCUT2D eigenvalue weighted by molar-refractivity contribution is 7.97. The summed E-state index contributed by atoms with van der Waals surface area (Å²) in [5.41, 5.74) is -0.296. The van der Waals surface area contributed by atoms with Crippen molar-refractivity contribution in [2.45, 2.75) is 5.75 Å². The maximum atomic E-state index is 12.5. The molecule has 0 bridgehead atoms. The number of benzene rings is 1. The molecule has 0 aliphatic heterocycles. The number of amides is 1. The van der Waals surface area contributed by atoms with Gasteiger partial charge in [-0.05, 0) is 24.5 Å². The molecule has 0 radical (unpaired) electrons. The normalized spacial score (nSPS) is 10.2. The van der Waals surface area contributed by atoms with Gasteiger partial charge in [-0.15, -0.1) is 0 Å². The van der Waals surface area contributed by atoms with E-state index in [0.29, 0.717) is 11.6 Å². The standard InChI is InChI=1S/C17H17N3O6S/c1-25-16(23)9-4-10(17(24)26-2)6-11(5-9)18-15(22)12-7-14(21)20-13(19-12)8-27-3/h4-7H,8H2,1-3H3,(H,18,22)(H,19,20,21). The summed E-state index contributed by atoms with van der Waals surface area (Å²) in [6.45, 7) is 0. The molecule has 1 aromatic carbocycles. The zero-order valence-corrected chi connectivity index (χ0v) is 15.6. The quantitative estimate of drug-likeness (QED) is 0.709. The maximum Gasteiger partial charge on any atom is 0.337 e. The number of carbonyl (C=O) groups excluding carboxylic acids is 3. The largest absolute Gasteiger partial charge is 0.465 e. The van der Waals surface area contributed by atoms with Gasteiger partial charge in [0.05, 0.1) is 31.1 Å². The van der Waals surface area contributed by atoms with Crippen LogP contribution >= 0.6 is 11.8 Å². The third-order valence-corrected chi connectivity index (χ3v) is 3.90. The van der Waals surface area contributed by atoms with E-state index in [-0.39, 0.29) is 22.5 Å². The number of ether oxygens (including phenoxy) is 2. The van der Waals surface area contributed by atoms with Crippen LogP contribution in [0, 0.1) is 0 Å². The van der Waals surface area contributed by atoms with Crippen LogP contribution < -0.4 is 10.9 Å². The third kappa shape index (κ3) is 5.17. The lowest BCUT2D eigenvalue weighted by atomic mass is 10.1. The number of thioether (sulfide) groups is 1. The Morgan fingerprint density at radius 2 is 1.67 bits per heavy atom. The van der Waals surface area contributed by atoms with Crippen LogP contribution in [0.1, 0.15) is 37.0 Å². The average molecular weight is 391 g/mol. The smallest absolute Gasteiger partial charge is 0.337 e. The second-order valence-corrected chi connectivity index (χ2v) is 6.11. The van der Waals surface area contributed by atoms with Gasteiger partial charge in [0, 0.05) is 11.8 Å². The Morgan fingerprint density at radius 1 is 1.07 bits per heavy atom. The Hall–Kier alpha value is -3.14. The van der Waals surface area contributed by atoms with Crippen molar-refractivity contribution in [2.75, 3.05) is 25.8 Å². The summed E-state index contributed by atoms with van der Waals surface area (Å²) >= 11 is 1.44. The lowest BCUT2D eigenvalue weighted by Gasteiger charge is -2.09. The number of anilines is 1. The number of methoxy groups -OCH3 is 2. The zero-order chi connectivity index (χ0) is 20.0. The van der Waals surface area contributed by atoms with Crippen LogP contribution in [0.15, 0.2) is 29.1 Å². The Morgan fingerprint density at radius 3 is 2.19 bits per heavy atom. The molecule has 1 heterocycles. The summed E-state index contributed by atoms with van der Waals surface area (Å²) in [5.74, 6) is -1.25. The van der Waals surface area contributed by atoms with Crippen LogP contribution in [-0.2, 0) is 15.2 Å². The lowest BCUT2D eigenvalue weighted by Crippen LogP contribution is -2.20. The topological polar surface area (TPSA) is 127 Å². The Bertz CT molecular complexity index is 906. The molecular weight excluding hydrogens is 374 g/mol. The fourth-order valence-corrected chi connectivity index (χ4v) is 2.61. The van der Waals surface area contributed by atoms with E-state index in [4.69, 9.17) is 0 Å². The minimum absolute atomic E-state index is 0.0534. The Kier molecular flexibility index (Phi) is 6.72.